The summed E-state index contributed by atoms with van der Waals surface area (Å²) in [6, 6.07) is 9.85. The van der Waals surface area contributed by atoms with E-state index >= 15 is 0 Å². The summed E-state index contributed by atoms with van der Waals surface area (Å²) in [5.74, 6) is 0.689. The number of nitrogens with two attached hydrogens (primary N) is 1. The molecule has 0 atom stereocenters. The van der Waals surface area contributed by atoms with Crippen molar-refractivity contribution in [3.63, 3.8) is 0 Å². The van der Waals surface area contributed by atoms with Crippen molar-refractivity contribution >= 4 is 33.0 Å². The van der Waals surface area contributed by atoms with Gasteiger partial charge < -0.3 is 14.8 Å². The molecule has 10 heteroatoms. The number of rotatable bonds is 6. The van der Waals surface area contributed by atoms with E-state index in [1.165, 1.54) is 17.4 Å². The number of aromatic nitrogens is 1. The molecule has 3 aromatic rings. The van der Waals surface area contributed by atoms with Gasteiger partial charge in [-0.3, -0.25) is 4.79 Å². The monoisotopic (exact) mass is 433 g/mol. The van der Waals surface area contributed by atoms with E-state index in [4.69, 9.17) is 14.6 Å². The molecule has 0 aliphatic carbocycles. The molecule has 1 amide bonds. The first-order valence-electron chi connectivity index (χ1n) is 8.35. The highest BCUT2D eigenvalue weighted by atomic mass is 32.2. The summed E-state index contributed by atoms with van der Waals surface area (Å²) in [5.41, 5.74) is 1.79. The first-order valence-corrected chi connectivity index (χ1v) is 10.8. The fourth-order valence-electron chi connectivity index (χ4n) is 2.66. The second-order valence-corrected chi connectivity index (χ2v) is 8.48. The number of sulfonamides is 1. The van der Waals surface area contributed by atoms with Crippen LogP contribution >= 0.6 is 11.3 Å². The van der Waals surface area contributed by atoms with E-state index < -0.39 is 15.9 Å². The van der Waals surface area contributed by atoms with E-state index in [2.05, 4.69) is 10.3 Å². The second-order valence-electron chi connectivity index (χ2n) is 6.09. The molecule has 29 heavy (non-hydrogen) atoms. The van der Waals surface area contributed by atoms with Crippen molar-refractivity contribution in [1.29, 1.82) is 0 Å². The summed E-state index contributed by atoms with van der Waals surface area (Å²) in [6.07, 6.45) is 0. The van der Waals surface area contributed by atoms with Crippen molar-refractivity contribution in [3.05, 3.63) is 53.0 Å². The number of hydrogen-bond acceptors (Lipinski definition) is 7. The lowest BCUT2D eigenvalue weighted by molar-refractivity contribution is 0.102. The molecular formula is C19H19N3O5S2. The number of anilines is 1. The molecule has 0 fully saturated rings. The first kappa shape index (κ1) is 20.8. The van der Waals surface area contributed by atoms with Gasteiger partial charge >= 0.3 is 0 Å². The molecule has 1 aromatic heterocycles. The van der Waals surface area contributed by atoms with Gasteiger partial charge in [-0.2, -0.15) is 0 Å². The maximum atomic E-state index is 12.5. The quantitative estimate of drug-likeness (QED) is 0.616. The molecule has 0 bridgehead atoms. The summed E-state index contributed by atoms with van der Waals surface area (Å²) in [4.78, 5) is 16.9. The molecule has 0 spiro atoms. The summed E-state index contributed by atoms with van der Waals surface area (Å²) < 4.78 is 33.8. The Morgan fingerprint density at radius 2 is 1.83 bits per heavy atom. The zero-order chi connectivity index (χ0) is 21.2. The van der Waals surface area contributed by atoms with Gasteiger partial charge in [-0.15, -0.1) is 11.3 Å². The van der Waals surface area contributed by atoms with Crippen LogP contribution in [0.2, 0.25) is 0 Å². The molecule has 0 unspecified atom stereocenters. The van der Waals surface area contributed by atoms with Crippen LogP contribution in [0.3, 0.4) is 0 Å². The van der Waals surface area contributed by atoms with Crippen molar-refractivity contribution < 1.29 is 22.7 Å². The highest BCUT2D eigenvalue weighted by Gasteiger charge is 2.16. The lowest BCUT2D eigenvalue weighted by Gasteiger charge is -2.08. The number of benzene rings is 2. The minimum absolute atomic E-state index is 0.0420. The molecule has 2 aromatic carbocycles. The number of amides is 1. The van der Waals surface area contributed by atoms with Crippen LogP contribution in [0, 0.1) is 6.92 Å². The third-order valence-corrected chi connectivity index (χ3v) is 6.06. The smallest absolute Gasteiger partial charge is 0.275 e. The Labute approximate surface area is 172 Å². The number of hydrogen-bond donors (Lipinski definition) is 2. The van der Waals surface area contributed by atoms with Gasteiger partial charge in [-0.25, -0.2) is 18.5 Å². The number of aryl methyl sites for hydroxylation is 1. The topological polar surface area (TPSA) is 121 Å². The number of nitrogens with one attached hydrogen (secondary N) is 1. The molecule has 0 radical (unpaired) electrons. The first-order chi connectivity index (χ1) is 13.7. The third-order valence-electron chi connectivity index (χ3n) is 4.12. The number of ether oxygens (including phenoxy) is 2. The zero-order valence-corrected chi connectivity index (χ0v) is 17.6. The summed E-state index contributed by atoms with van der Waals surface area (Å²) >= 11 is 1.30. The van der Waals surface area contributed by atoms with Gasteiger partial charge in [0.25, 0.3) is 5.91 Å². The number of primary sulfonamides is 1. The van der Waals surface area contributed by atoms with Gasteiger partial charge in [0.1, 0.15) is 10.7 Å². The fraction of sp³-hybridized carbons (Fsp3) is 0.158. The lowest BCUT2D eigenvalue weighted by Crippen LogP contribution is -2.16. The van der Waals surface area contributed by atoms with E-state index in [1.807, 2.05) is 6.07 Å². The Bertz CT molecular complexity index is 1170. The Hall–Kier alpha value is -2.95. The molecule has 3 N–H and O–H groups in total. The van der Waals surface area contributed by atoms with Crippen molar-refractivity contribution in [2.45, 2.75) is 11.8 Å². The van der Waals surface area contributed by atoms with Crippen molar-refractivity contribution in [1.82, 2.24) is 4.98 Å². The Morgan fingerprint density at radius 3 is 2.48 bits per heavy atom. The highest BCUT2D eigenvalue weighted by molar-refractivity contribution is 7.89. The van der Waals surface area contributed by atoms with E-state index in [0.717, 1.165) is 5.56 Å². The lowest BCUT2D eigenvalue weighted by atomic mass is 10.2. The molecule has 0 saturated heterocycles. The molecule has 0 aliphatic rings. The average Bonchev–Trinajstić information content (AvgIpc) is 3.18. The minimum atomic E-state index is -3.89. The van der Waals surface area contributed by atoms with E-state index in [-0.39, 0.29) is 10.6 Å². The normalized spacial score (nSPS) is 11.2. The largest absolute Gasteiger partial charge is 0.493 e. The van der Waals surface area contributed by atoms with Gasteiger partial charge in [-0.05, 0) is 42.8 Å². The predicted octanol–water partition coefficient (Wildman–Crippen LogP) is 3.04. The van der Waals surface area contributed by atoms with Crippen LogP contribution in [0.4, 0.5) is 5.69 Å². The van der Waals surface area contributed by atoms with Crippen LogP contribution in [0.1, 0.15) is 16.1 Å². The molecule has 8 nitrogen and oxygen atoms in total. The average molecular weight is 434 g/mol. The van der Waals surface area contributed by atoms with Crippen LogP contribution in [0.25, 0.3) is 10.6 Å². The maximum absolute atomic E-state index is 12.5. The van der Waals surface area contributed by atoms with Crippen molar-refractivity contribution in [2.75, 3.05) is 19.5 Å². The van der Waals surface area contributed by atoms with Crippen LogP contribution in [-0.4, -0.2) is 33.5 Å². The van der Waals surface area contributed by atoms with Crippen LogP contribution in [0.5, 0.6) is 11.5 Å². The third kappa shape index (κ3) is 4.56. The molecule has 0 aliphatic heterocycles. The van der Waals surface area contributed by atoms with Gasteiger partial charge in [0.2, 0.25) is 10.0 Å². The van der Waals surface area contributed by atoms with Gasteiger partial charge in [0.05, 0.1) is 19.1 Å². The molecular weight excluding hydrogens is 414 g/mol. The number of methoxy groups -OCH3 is 2. The molecule has 0 saturated carbocycles. The van der Waals surface area contributed by atoms with Gasteiger partial charge in [0.15, 0.2) is 11.5 Å². The van der Waals surface area contributed by atoms with Gasteiger partial charge in [-0.1, -0.05) is 6.07 Å². The number of nitrogens with zero attached hydrogens (tertiary/aromatic N) is 1. The Kier molecular flexibility index (Phi) is 5.87. The fourth-order valence-corrected chi connectivity index (χ4v) is 4.26. The Morgan fingerprint density at radius 1 is 1.10 bits per heavy atom. The number of carbonyl (C=O) groups excluding carboxylic acids is 1. The van der Waals surface area contributed by atoms with E-state index in [9.17, 15) is 13.2 Å². The predicted molar refractivity (Wildman–Crippen MR) is 111 cm³/mol. The standard InChI is InChI=1S/C19H19N3O5S2/c1-11-4-6-13(9-17(11)29(20,24)25)21-18(23)14-10-28-19(22-14)12-5-7-15(26-2)16(8-12)27-3/h4-10H,1-3H3,(H,21,23)(H2,20,24,25). The van der Waals surface area contributed by atoms with Crippen molar-refractivity contribution in [2.24, 2.45) is 5.14 Å². The van der Waals surface area contributed by atoms with E-state index in [1.54, 1.807) is 50.8 Å². The van der Waals surface area contributed by atoms with Gasteiger partial charge in [0, 0.05) is 16.6 Å². The second kappa shape index (κ2) is 8.19. The minimum Gasteiger partial charge on any atom is -0.493 e. The molecule has 152 valence electrons. The van der Waals surface area contributed by atoms with Crippen LogP contribution in [0.15, 0.2) is 46.7 Å². The zero-order valence-electron chi connectivity index (χ0n) is 15.9. The summed E-state index contributed by atoms with van der Waals surface area (Å²) in [7, 11) is -0.795. The summed E-state index contributed by atoms with van der Waals surface area (Å²) in [5, 5.41) is 10.1. The van der Waals surface area contributed by atoms with Crippen molar-refractivity contribution in [3.8, 4) is 22.1 Å². The molecule has 1 heterocycles. The summed E-state index contributed by atoms with van der Waals surface area (Å²) in [6.45, 7) is 1.63. The van der Waals surface area contributed by atoms with Crippen LogP contribution < -0.4 is 19.9 Å². The van der Waals surface area contributed by atoms with Crippen LogP contribution in [-0.2, 0) is 10.0 Å². The Balaban J connectivity index is 1.83. The maximum Gasteiger partial charge on any atom is 0.275 e. The number of thiazole rings is 1. The highest BCUT2D eigenvalue weighted by Crippen LogP contribution is 2.33. The van der Waals surface area contributed by atoms with E-state index in [0.29, 0.717) is 27.8 Å². The SMILES string of the molecule is COc1ccc(-c2nc(C(=O)Nc3ccc(C)c(S(N)(=O)=O)c3)cs2)cc1OC. The molecule has 3 rings (SSSR count). The number of carbonyl (C=O) groups is 1.